The molecule has 0 spiro atoms. The maximum absolute atomic E-state index is 14.0. The average molecular weight is 762 g/mol. The summed E-state index contributed by atoms with van der Waals surface area (Å²) < 4.78 is 0. The zero-order valence-corrected chi connectivity index (χ0v) is 32.8. The fraction of sp³-hybridized carbons (Fsp3) is 0.0727. The molecule has 4 nitrogen and oxygen atoms in total. The van der Waals surface area contributed by atoms with Crippen molar-refractivity contribution >= 4 is 0 Å². The molecule has 59 heavy (non-hydrogen) atoms. The molecule has 0 atom stereocenters. The number of aryl methyl sites for hydroxylation is 4. The molecule has 0 fully saturated rings. The van der Waals surface area contributed by atoms with E-state index in [0.29, 0.717) is 5.56 Å². The molecule has 1 N–H and O–H groups in total. The standard InChI is InChI=1S/C55H43N3O/c59-55-35-54(47-20-12-19-46(34-47)43-13-4-1-5-14-43)58-38-51(55)50-22-11-10-21-49(50)48-32-41(25-23-39-27-29-52(56-36-39)44-15-6-2-7-16-44)31-42(33-48)26-24-40-28-30-53(57-37-40)45-17-8-3-9-18-45/h1-22,27-38H,23-26H2,(H,58,59). The molecule has 9 rings (SSSR count). The number of hydrogen-bond donors (Lipinski definition) is 1. The summed E-state index contributed by atoms with van der Waals surface area (Å²) in [6, 6.07) is 64.7. The topological polar surface area (TPSA) is 58.6 Å². The number of aromatic amines is 1. The van der Waals surface area contributed by atoms with Crippen LogP contribution in [0, 0.1) is 0 Å². The number of H-pyrrole nitrogens is 1. The summed E-state index contributed by atoms with van der Waals surface area (Å²) in [5, 5.41) is 0. The molecule has 6 aromatic carbocycles. The van der Waals surface area contributed by atoms with Gasteiger partial charge in [0.05, 0.1) is 11.4 Å². The Labute approximate surface area is 345 Å². The highest BCUT2D eigenvalue weighted by Gasteiger charge is 2.14. The van der Waals surface area contributed by atoms with Crippen LogP contribution in [-0.4, -0.2) is 15.0 Å². The number of nitrogens with one attached hydrogen (secondary N) is 1. The maximum Gasteiger partial charge on any atom is 0.190 e. The van der Waals surface area contributed by atoms with E-state index in [1.54, 1.807) is 6.07 Å². The van der Waals surface area contributed by atoms with E-state index < -0.39 is 0 Å². The minimum atomic E-state index is -0.0226. The maximum atomic E-state index is 14.0. The van der Waals surface area contributed by atoms with Crippen molar-refractivity contribution in [3.05, 3.63) is 239 Å². The lowest BCUT2D eigenvalue weighted by Gasteiger charge is -2.15. The van der Waals surface area contributed by atoms with Crippen molar-refractivity contribution in [3.8, 4) is 67.2 Å². The Balaban J connectivity index is 1.01. The van der Waals surface area contributed by atoms with Gasteiger partial charge in [-0.25, -0.2) is 0 Å². The van der Waals surface area contributed by atoms with Gasteiger partial charge in [0, 0.05) is 47.0 Å². The average Bonchev–Trinajstić information content (AvgIpc) is 3.31. The molecule has 0 saturated carbocycles. The largest absolute Gasteiger partial charge is 0.360 e. The second-order valence-corrected chi connectivity index (χ2v) is 15.0. The predicted octanol–water partition coefficient (Wildman–Crippen LogP) is 12.7. The summed E-state index contributed by atoms with van der Waals surface area (Å²) in [5.74, 6) is 0. The molecule has 4 heteroatoms. The third kappa shape index (κ3) is 8.78. The van der Waals surface area contributed by atoms with Gasteiger partial charge in [0.2, 0.25) is 0 Å². The van der Waals surface area contributed by atoms with Crippen molar-refractivity contribution in [2.24, 2.45) is 0 Å². The van der Waals surface area contributed by atoms with Crippen LogP contribution in [0.3, 0.4) is 0 Å². The normalized spacial score (nSPS) is 11.1. The summed E-state index contributed by atoms with van der Waals surface area (Å²) >= 11 is 0. The highest BCUT2D eigenvalue weighted by molar-refractivity contribution is 5.84. The Morgan fingerprint density at radius 1 is 0.356 bits per heavy atom. The lowest BCUT2D eigenvalue weighted by atomic mass is 9.90. The van der Waals surface area contributed by atoms with Gasteiger partial charge in [-0.15, -0.1) is 0 Å². The van der Waals surface area contributed by atoms with Crippen molar-refractivity contribution in [1.82, 2.24) is 15.0 Å². The van der Waals surface area contributed by atoms with E-state index in [9.17, 15) is 4.79 Å². The Bertz CT molecular complexity index is 2760. The summed E-state index contributed by atoms with van der Waals surface area (Å²) in [4.78, 5) is 27.1. The Kier molecular flexibility index (Phi) is 10.9. The fourth-order valence-electron chi connectivity index (χ4n) is 7.80. The number of hydrogen-bond acceptors (Lipinski definition) is 3. The van der Waals surface area contributed by atoms with Crippen LogP contribution in [0.1, 0.15) is 22.3 Å². The van der Waals surface area contributed by atoms with E-state index in [1.165, 1.54) is 22.3 Å². The van der Waals surface area contributed by atoms with Gasteiger partial charge < -0.3 is 4.98 Å². The minimum Gasteiger partial charge on any atom is -0.360 e. The molecule has 0 aliphatic rings. The van der Waals surface area contributed by atoms with Gasteiger partial charge in [-0.3, -0.25) is 14.8 Å². The Hall–Kier alpha value is -7.43. The SMILES string of the molecule is O=c1cc(-c2cccc(-c3ccccc3)c2)[nH]cc1-c1ccccc1-c1cc(CCc2ccc(-c3ccccc3)nc2)cc(CCc2ccc(-c3ccccc3)nc2)c1. The fourth-order valence-corrected chi connectivity index (χ4v) is 7.80. The van der Waals surface area contributed by atoms with Crippen LogP contribution in [0.25, 0.3) is 67.2 Å². The van der Waals surface area contributed by atoms with Gasteiger partial charge in [-0.1, -0.05) is 164 Å². The van der Waals surface area contributed by atoms with Gasteiger partial charge in [-0.05, 0) is 99.5 Å². The van der Waals surface area contributed by atoms with Crippen LogP contribution >= 0.6 is 0 Å². The lowest BCUT2D eigenvalue weighted by molar-refractivity contribution is 0.923. The zero-order chi connectivity index (χ0) is 39.8. The number of nitrogens with zero attached hydrogens (tertiary/aromatic N) is 2. The van der Waals surface area contributed by atoms with E-state index in [1.807, 2.05) is 91.4 Å². The first kappa shape index (κ1) is 37.2. The third-order valence-electron chi connectivity index (χ3n) is 11.0. The molecular formula is C55H43N3O. The molecule has 0 bridgehead atoms. The minimum absolute atomic E-state index is 0.0226. The molecular weight excluding hydrogens is 719 g/mol. The summed E-state index contributed by atoms with van der Waals surface area (Å²) in [7, 11) is 0. The van der Waals surface area contributed by atoms with Crippen LogP contribution in [0.4, 0.5) is 0 Å². The summed E-state index contributed by atoms with van der Waals surface area (Å²) in [6.07, 6.45) is 9.33. The molecule has 3 heterocycles. The van der Waals surface area contributed by atoms with Crippen molar-refractivity contribution in [1.29, 1.82) is 0 Å². The van der Waals surface area contributed by atoms with E-state index in [0.717, 1.165) is 87.3 Å². The monoisotopic (exact) mass is 761 g/mol. The molecule has 0 saturated heterocycles. The van der Waals surface area contributed by atoms with Crippen LogP contribution in [-0.2, 0) is 25.7 Å². The van der Waals surface area contributed by atoms with Gasteiger partial charge in [-0.2, -0.15) is 0 Å². The second kappa shape index (κ2) is 17.4. The first-order valence-electron chi connectivity index (χ1n) is 20.2. The first-order valence-corrected chi connectivity index (χ1v) is 20.2. The van der Waals surface area contributed by atoms with E-state index >= 15 is 0 Å². The highest BCUT2D eigenvalue weighted by atomic mass is 16.1. The predicted molar refractivity (Wildman–Crippen MR) is 243 cm³/mol. The van der Waals surface area contributed by atoms with Crippen LogP contribution in [0.2, 0.25) is 0 Å². The van der Waals surface area contributed by atoms with Crippen LogP contribution in [0.15, 0.2) is 211 Å². The van der Waals surface area contributed by atoms with E-state index in [4.69, 9.17) is 9.97 Å². The zero-order valence-electron chi connectivity index (χ0n) is 32.8. The number of aromatic nitrogens is 3. The van der Waals surface area contributed by atoms with Gasteiger partial charge in [0.25, 0.3) is 0 Å². The van der Waals surface area contributed by atoms with Gasteiger partial charge in [0.1, 0.15) is 0 Å². The van der Waals surface area contributed by atoms with Gasteiger partial charge in [0.15, 0.2) is 5.43 Å². The number of rotatable bonds is 12. The highest BCUT2D eigenvalue weighted by Crippen LogP contribution is 2.33. The summed E-state index contributed by atoms with van der Waals surface area (Å²) in [5.41, 5.74) is 16.7. The summed E-state index contributed by atoms with van der Waals surface area (Å²) in [6.45, 7) is 0. The second-order valence-electron chi connectivity index (χ2n) is 15.0. The smallest absolute Gasteiger partial charge is 0.190 e. The quantitative estimate of drug-likeness (QED) is 0.135. The first-order chi connectivity index (χ1) is 29.1. The lowest BCUT2D eigenvalue weighted by Crippen LogP contribution is -2.06. The molecule has 3 aromatic heterocycles. The van der Waals surface area contributed by atoms with E-state index in [-0.39, 0.29) is 5.43 Å². The van der Waals surface area contributed by atoms with E-state index in [2.05, 4.69) is 114 Å². The molecule has 0 radical (unpaired) electrons. The molecule has 284 valence electrons. The van der Waals surface area contributed by atoms with Crippen molar-refractivity contribution in [2.45, 2.75) is 25.7 Å². The van der Waals surface area contributed by atoms with Crippen LogP contribution < -0.4 is 5.43 Å². The van der Waals surface area contributed by atoms with Crippen molar-refractivity contribution in [2.75, 3.05) is 0 Å². The van der Waals surface area contributed by atoms with Crippen LogP contribution in [0.5, 0.6) is 0 Å². The molecule has 0 aliphatic heterocycles. The molecule has 9 aromatic rings. The number of benzene rings is 6. The Morgan fingerprint density at radius 3 is 1.39 bits per heavy atom. The van der Waals surface area contributed by atoms with Crippen molar-refractivity contribution < 1.29 is 0 Å². The Morgan fingerprint density at radius 2 is 0.847 bits per heavy atom. The van der Waals surface area contributed by atoms with Gasteiger partial charge >= 0.3 is 0 Å². The van der Waals surface area contributed by atoms with Crippen molar-refractivity contribution in [3.63, 3.8) is 0 Å². The molecule has 0 aliphatic carbocycles. The third-order valence-corrected chi connectivity index (χ3v) is 11.0. The molecule has 0 amide bonds. The molecule has 0 unspecified atom stereocenters. The number of pyridine rings is 3.